The lowest BCUT2D eigenvalue weighted by Gasteiger charge is -2.22. The van der Waals surface area contributed by atoms with Crippen LogP contribution in [0.5, 0.6) is 5.75 Å². The quantitative estimate of drug-likeness (QED) is 0.622. The predicted octanol–water partition coefficient (Wildman–Crippen LogP) is 4.71. The van der Waals surface area contributed by atoms with E-state index in [2.05, 4.69) is 23.5 Å². The molecule has 6 heteroatoms. The molecule has 2 aromatic rings. The molecule has 1 unspecified atom stereocenters. The summed E-state index contributed by atoms with van der Waals surface area (Å²) < 4.78 is 11.1. The van der Waals surface area contributed by atoms with E-state index in [0.717, 1.165) is 24.8 Å². The third kappa shape index (κ3) is 7.01. The Morgan fingerprint density at radius 3 is 2.59 bits per heavy atom. The van der Waals surface area contributed by atoms with Gasteiger partial charge in [-0.1, -0.05) is 30.3 Å². The molecule has 1 aliphatic carbocycles. The number of carbonyl (C=O) groups is 2. The number of amides is 1. The molecule has 32 heavy (non-hydrogen) atoms. The van der Waals surface area contributed by atoms with Crippen LogP contribution in [0.1, 0.15) is 55.9 Å². The first kappa shape index (κ1) is 23.6. The molecular formula is C26H33NO5. The lowest BCUT2D eigenvalue weighted by Crippen LogP contribution is -2.44. The Morgan fingerprint density at radius 2 is 1.84 bits per heavy atom. The number of carbonyl (C=O) groups excluding carboxylic acids is 1. The second-order valence-corrected chi connectivity index (χ2v) is 9.25. The van der Waals surface area contributed by atoms with Gasteiger partial charge in [0.05, 0.1) is 6.61 Å². The number of hydrogen-bond acceptors (Lipinski definition) is 4. The van der Waals surface area contributed by atoms with E-state index >= 15 is 0 Å². The van der Waals surface area contributed by atoms with E-state index in [1.807, 2.05) is 24.3 Å². The summed E-state index contributed by atoms with van der Waals surface area (Å²) in [7, 11) is 0. The summed E-state index contributed by atoms with van der Waals surface area (Å²) in [6, 6.07) is 12.8. The van der Waals surface area contributed by atoms with Gasteiger partial charge in [-0.2, -0.15) is 0 Å². The van der Waals surface area contributed by atoms with Gasteiger partial charge in [0.25, 0.3) is 0 Å². The van der Waals surface area contributed by atoms with E-state index in [4.69, 9.17) is 9.47 Å². The number of hydrogen-bond donors (Lipinski definition) is 2. The molecule has 2 N–H and O–H groups in total. The summed E-state index contributed by atoms with van der Waals surface area (Å²) in [4.78, 5) is 23.6. The van der Waals surface area contributed by atoms with E-state index in [1.54, 1.807) is 20.8 Å². The second-order valence-electron chi connectivity index (χ2n) is 9.25. The normalized spacial score (nSPS) is 14.2. The number of rotatable bonds is 8. The van der Waals surface area contributed by atoms with Crippen LogP contribution in [0.3, 0.4) is 0 Å². The second kappa shape index (κ2) is 10.5. The van der Waals surface area contributed by atoms with Gasteiger partial charge in [0.2, 0.25) is 0 Å². The highest BCUT2D eigenvalue weighted by Gasteiger charge is 2.24. The molecule has 6 nitrogen and oxygen atoms in total. The lowest BCUT2D eigenvalue weighted by molar-refractivity contribution is -0.139. The van der Waals surface area contributed by atoms with Crippen LogP contribution in [0.15, 0.2) is 42.5 Å². The lowest BCUT2D eigenvalue weighted by atomic mass is 9.87. The van der Waals surface area contributed by atoms with E-state index in [9.17, 15) is 14.7 Å². The van der Waals surface area contributed by atoms with Crippen molar-refractivity contribution in [2.75, 3.05) is 6.61 Å². The zero-order valence-corrected chi connectivity index (χ0v) is 19.1. The minimum absolute atomic E-state index is 0.137. The third-order valence-electron chi connectivity index (χ3n) is 5.46. The highest BCUT2D eigenvalue weighted by molar-refractivity contribution is 5.80. The number of ether oxygens (including phenoxy) is 2. The first-order valence-electron chi connectivity index (χ1n) is 11.2. The fraction of sp³-hybridized carbons (Fsp3) is 0.462. The van der Waals surface area contributed by atoms with Crippen molar-refractivity contribution in [1.29, 1.82) is 0 Å². The predicted molar refractivity (Wildman–Crippen MR) is 123 cm³/mol. The molecule has 1 amide bonds. The Kier molecular flexibility index (Phi) is 7.78. The van der Waals surface area contributed by atoms with Gasteiger partial charge in [-0.05, 0) is 80.8 Å². The Hall–Kier alpha value is -3.02. The molecular weight excluding hydrogens is 406 g/mol. The molecule has 1 atom stereocenters. The van der Waals surface area contributed by atoms with Gasteiger partial charge in [-0.15, -0.1) is 0 Å². The van der Waals surface area contributed by atoms with Gasteiger partial charge < -0.3 is 19.9 Å². The largest absolute Gasteiger partial charge is 0.493 e. The SMILES string of the molecule is CC(C)(C)OC(=O)NC(Cc1cccc(OCCc2cccc3c2CCCC3)c1)C(=O)O. The summed E-state index contributed by atoms with van der Waals surface area (Å²) >= 11 is 0. The van der Waals surface area contributed by atoms with Gasteiger partial charge in [-0.25, -0.2) is 9.59 Å². The van der Waals surface area contributed by atoms with Crippen molar-refractivity contribution in [2.24, 2.45) is 0 Å². The summed E-state index contributed by atoms with van der Waals surface area (Å²) in [6.07, 6.45) is 5.04. The van der Waals surface area contributed by atoms with Crippen LogP contribution in [-0.4, -0.2) is 35.4 Å². The Morgan fingerprint density at radius 1 is 1.09 bits per heavy atom. The van der Waals surface area contributed by atoms with Gasteiger partial charge in [0, 0.05) is 12.8 Å². The minimum Gasteiger partial charge on any atom is -0.493 e. The Balaban J connectivity index is 1.57. The molecule has 2 aromatic carbocycles. The Bertz CT molecular complexity index is 947. The van der Waals surface area contributed by atoms with E-state index in [0.29, 0.717) is 12.4 Å². The summed E-state index contributed by atoms with van der Waals surface area (Å²) in [6.45, 7) is 5.75. The fourth-order valence-corrected chi connectivity index (χ4v) is 4.02. The third-order valence-corrected chi connectivity index (χ3v) is 5.46. The van der Waals surface area contributed by atoms with Crippen molar-refractivity contribution in [2.45, 2.75) is 70.9 Å². The highest BCUT2D eigenvalue weighted by Crippen LogP contribution is 2.25. The monoisotopic (exact) mass is 439 g/mol. The summed E-state index contributed by atoms with van der Waals surface area (Å²) in [5.74, 6) is -0.426. The molecule has 0 spiro atoms. The molecule has 0 saturated carbocycles. The maximum atomic E-state index is 12.0. The van der Waals surface area contributed by atoms with Crippen molar-refractivity contribution in [3.63, 3.8) is 0 Å². The number of aliphatic carboxylic acids is 1. The molecule has 0 radical (unpaired) electrons. The van der Waals surface area contributed by atoms with E-state index in [-0.39, 0.29) is 6.42 Å². The smallest absolute Gasteiger partial charge is 0.408 e. The van der Waals surface area contributed by atoms with Crippen LogP contribution < -0.4 is 10.1 Å². The first-order chi connectivity index (χ1) is 15.2. The van der Waals surface area contributed by atoms with Gasteiger partial charge in [0.15, 0.2) is 0 Å². The van der Waals surface area contributed by atoms with Crippen LogP contribution in [-0.2, 0) is 35.2 Å². The van der Waals surface area contributed by atoms with Crippen molar-refractivity contribution in [3.05, 3.63) is 64.7 Å². The number of alkyl carbamates (subject to hydrolysis) is 1. The zero-order valence-electron chi connectivity index (χ0n) is 19.1. The summed E-state index contributed by atoms with van der Waals surface area (Å²) in [5, 5.41) is 11.9. The van der Waals surface area contributed by atoms with Crippen LogP contribution in [0.2, 0.25) is 0 Å². The number of carboxylic acids is 1. The molecule has 0 bridgehead atoms. The maximum absolute atomic E-state index is 12.0. The van der Waals surface area contributed by atoms with E-state index < -0.39 is 23.7 Å². The van der Waals surface area contributed by atoms with Gasteiger partial charge in [-0.3, -0.25) is 0 Å². The molecule has 0 aromatic heterocycles. The number of carboxylic acid groups (broad SMARTS) is 1. The summed E-state index contributed by atoms with van der Waals surface area (Å²) in [5.41, 5.74) is 4.37. The standard InChI is InChI=1S/C26H33NO5/c1-26(2,3)32-25(30)27-23(24(28)29)17-18-8-6-12-21(16-18)31-15-14-20-11-7-10-19-9-4-5-13-22(19)20/h6-8,10-12,16,23H,4-5,9,13-15,17H2,1-3H3,(H,27,30)(H,28,29). The fourth-order valence-electron chi connectivity index (χ4n) is 4.02. The topological polar surface area (TPSA) is 84.9 Å². The van der Waals surface area contributed by atoms with Crippen molar-refractivity contribution in [3.8, 4) is 5.75 Å². The first-order valence-corrected chi connectivity index (χ1v) is 11.2. The molecule has 0 heterocycles. The van der Waals surface area contributed by atoms with Crippen molar-refractivity contribution >= 4 is 12.1 Å². The van der Waals surface area contributed by atoms with Crippen LogP contribution in [0.25, 0.3) is 0 Å². The highest BCUT2D eigenvalue weighted by atomic mass is 16.6. The molecule has 172 valence electrons. The van der Waals surface area contributed by atoms with Crippen molar-refractivity contribution in [1.82, 2.24) is 5.32 Å². The molecule has 0 saturated heterocycles. The van der Waals surface area contributed by atoms with Crippen LogP contribution in [0.4, 0.5) is 4.79 Å². The molecule has 0 fully saturated rings. The average molecular weight is 440 g/mol. The van der Waals surface area contributed by atoms with Gasteiger partial charge >= 0.3 is 12.1 Å². The van der Waals surface area contributed by atoms with Crippen molar-refractivity contribution < 1.29 is 24.2 Å². The zero-order chi connectivity index (χ0) is 23.1. The van der Waals surface area contributed by atoms with E-state index in [1.165, 1.54) is 29.5 Å². The van der Waals surface area contributed by atoms with Gasteiger partial charge in [0.1, 0.15) is 17.4 Å². The Labute approximate surface area is 189 Å². The maximum Gasteiger partial charge on any atom is 0.408 e. The molecule has 0 aliphatic heterocycles. The average Bonchev–Trinajstić information content (AvgIpc) is 2.72. The van der Waals surface area contributed by atoms with Crippen LogP contribution in [0, 0.1) is 0 Å². The number of nitrogens with one attached hydrogen (secondary N) is 1. The number of benzene rings is 2. The molecule has 3 rings (SSSR count). The number of fused-ring (bicyclic) bond motifs is 1. The molecule has 1 aliphatic rings. The van der Waals surface area contributed by atoms with Crippen LogP contribution >= 0.6 is 0 Å². The number of aryl methyl sites for hydroxylation is 1. The minimum atomic E-state index is -1.11.